The minimum absolute atomic E-state index is 0.0188. The van der Waals surface area contributed by atoms with Crippen LogP contribution >= 0.6 is 0 Å². The van der Waals surface area contributed by atoms with Gasteiger partial charge in [0, 0.05) is 7.05 Å². The van der Waals surface area contributed by atoms with Crippen molar-refractivity contribution >= 4 is 5.91 Å². The molecule has 6 heteroatoms. The molecule has 2 N–H and O–H groups in total. The summed E-state index contributed by atoms with van der Waals surface area (Å²) in [7, 11) is 1.48. The first-order valence-electron chi connectivity index (χ1n) is 5.57. The van der Waals surface area contributed by atoms with Crippen LogP contribution in [0.4, 0.5) is 0 Å². The van der Waals surface area contributed by atoms with Gasteiger partial charge in [-0.2, -0.15) is 0 Å². The molecule has 0 radical (unpaired) electrons. The lowest BCUT2D eigenvalue weighted by Crippen LogP contribution is -2.27. The normalized spacial score (nSPS) is 12.1. The minimum atomic E-state index is -0.410. The Morgan fingerprint density at radius 1 is 1.39 bits per heavy atom. The molecule has 6 nitrogen and oxygen atoms in total. The van der Waals surface area contributed by atoms with Crippen LogP contribution < -0.4 is 11.0 Å². The van der Waals surface area contributed by atoms with E-state index >= 15 is 0 Å². The van der Waals surface area contributed by atoms with Gasteiger partial charge in [0.2, 0.25) is 5.82 Å². The van der Waals surface area contributed by atoms with Crippen LogP contribution in [-0.2, 0) is 7.05 Å². The Morgan fingerprint density at radius 2 is 2.06 bits per heavy atom. The molecule has 1 amide bonds. The number of carbonyl (C=O) groups is 1. The lowest BCUT2D eigenvalue weighted by Gasteiger charge is -2.12. The van der Waals surface area contributed by atoms with Crippen LogP contribution in [0.5, 0.6) is 0 Å². The molecule has 0 aliphatic heterocycles. The van der Waals surface area contributed by atoms with Crippen LogP contribution in [0.15, 0.2) is 35.1 Å². The number of amides is 1. The van der Waals surface area contributed by atoms with Gasteiger partial charge in [0.25, 0.3) is 5.91 Å². The standard InChI is InChI=1S/C12H14N4O2/c1-8(9-6-4-3-5-7-9)13-11(17)10-14-12(18)16(2)15-10/h3-8H,1-2H3,(H,13,17)(H,14,15,18). The van der Waals surface area contributed by atoms with E-state index in [2.05, 4.69) is 15.4 Å². The number of benzene rings is 1. The third-order valence-corrected chi connectivity index (χ3v) is 2.63. The summed E-state index contributed by atoms with van der Waals surface area (Å²) in [6.45, 7) is 1.87. The van der Waals surface area contributed by atoms with E-state index in [0.717, 1.165) is 10.2 Å². The van der Waals surface area contributed by atoms with E-state index in [9.17, 15) is 9.59 Å². The molecule has 18 heavy (non-hydrogen) atoms. The van der Waals surface area contributed by atoms with Gasteiger partial charge in [-0.05, 0) is 12.5 Å². The lowest BCUT2D eigenvalue weighted by molar-refractivity contribution is 0.0929. The molecule has 0 fully saturated rings. The molecular weight excluding hydrogens is 232 g/mol. The van der Waals surface area contributed by atoms with Crippen molar-refractivity contribution in [1.29, 1.82) is 0 Å². The molecular formula is C12H14N4O2. The number of aromatic amines is 1. The number of nitrogens with one attached hydrogen (secondary N) is 2. The van der Waals surface area contributed by atoms with Gasteiger partial charge in [-0.3, -0.25) is 9.78 Å². The van der Waals surface area contributed by atoms with Crippen LogP contribution in [0.25, 0.3) is 0 Å². The Hall–Kier alpha value is -2.37. The van der Waals surface area contributed by atoms with E-state index in [0.29, 0.717) is 0 Å². The third kappa shape index (κ3) is 2.48. The molecule has 1 aromatic carbocycles. The summed E-state index contributed by atoms with van der Waals surface area (Å²) in [5, 5.41) is 6.56. The summed E-state index contributed by atoms with van der Waals surface area (Å²) < 4.78 is 1.09. The van der Waals surface area contributed by atoms with Gasteiger partial charge >= 0.3 is 5.69 Å². The number of rotatable bonds is 3. The fraction of sp³-hybridized carbons (Fsp3) is 0.250. The van der Waals surface area contributed by atoms with Crippen LogP contribution in [-0.4, -0.2) is 20.7 Å². The van der Waals surface area contributed by atoms with Crippen LogP contribution in [0.3, 0.4) is 0 Å². The summed E-state index contributed by atoms with van der Waals surface area (Å²) in [5.74, 6) is -0.380. The molecule has 1 unspecified atom stereocenters. The van der Waals surface area contributed by atoms with Crippen molar-refractivity contribution in [2.75, 3.05) is 0 Å². The van der Waals surface area contributed by atoms with Gasteiger partial charge in [-0.15, -0.1) is 5.10 Å². The largest absolute Gasteiger partial charge is 0.343 e. The maximum atomic E-state index is 11.8. The number of hydrogen-bond acceptors (Lipinski definition) is 3. The van der Waals surface area contributed by atoms with E-state index in [-0.39, 0.29) is 11.9 Å². The Balaban J connectivity index is 2.10. The zero-order chi connectivity index (χ0) is 13.1. The van der Waals surface area contributed by atoms with Gasteiger partial charge in [-0.1, -0.05) is 30.3 Å². The van der Waals surface area contributed by atoms with Crippen LogP contribution in [0.2, 0.25) is 0 Å². The van der Waals surface area contributed by atoms with Crippen molar-refractivity contribution in [3.8, 4) is 0 Å². The number of nitrogens with zero attached hydrogens (tertiary/aromatic N) is 2. The highest BCUT2D eigenvalue weighted by Crippen LogP contribution is 2.11. The zero-order valence-electron chi connectivity index (χ0n) is 10.2. The first-order chi connectivity index (χ1) is 8.58. The van der Waals surface area contributed by atoms with Crippen LogP contribution in [0.1, 0.15) is 29.1 Å². The van der Waals surface area contributed by atoms with Crippen molar-refractivity contribution in [2.45, 2.75) is 13.0 Å². The summed E-state index contributed by atoms with van der Waals surface area (Å²) in [6, 6.07) is 9.41. The van der Waals surface area contributed by atoms with Crippen molar-refractivity contribution in [1.82, 2.24) is 20.1 Å². The quantitative estimate of drug-likeness (QED) is 0.832. The molecule has 1 atom stereocenters. The van der Waals surface area contributed by atoms with Gasteiger partial charge in [0.1, 0.15) is 0 Å². The van der Waals surface area contributed by atoms with Crippen molar-refractivity contribution in [2.24, 2.45) is 7.05 Å². The molecule has 0 aliphatic carbocycles. The molecule has 0 bridgehead atoms. The summed E-state index contributed by atoms with van der Waals surface area (Å²) in [6.07, 6.45) is 0. The Kier molecular flexibility index (Phi) is 3.27. The second-order valence-corrected chi connectivity index (χ2v) is 4.01. The van der Waals surface area contributed by atoms with Gasteiger partial charge < -0.3 is 5.32 Å². The van der Waals surface area contributed by atoms with Gasteiger partial charge in [0.15, 0.2) is 0 Å². The second-order valence-electron chi connectivity index (χ2n) is 4.01. The predicted molar refractivity (Wildman–Crippen MR) is 66.2 cm³/mol. The van der Waals surface area contributed by atoms with E-state index < -0.39 is 11.6 Å². The molecule has 2 aromatic rings. The summed E-state index contributed by atoms with van der Waals surface area (Å²) >= 11 is 0. The Bertz CT molecular complexity index is 600. The molecule has 0 saturated carbocycles. The first kappa shape index (κ1) is 12.1. The SMILES string of the molecule is CC(NC(=O)c1nn(C)c(=O)[nH]1)c1ccccc1. The molecule has 1 heterocycles. The van der Waals surface area contributed by atoms with E-state index in [1.54, 1.807) is 0 Å². The Labute approximate surface area is 104 Å². The van der Waals surface area contributed by atoms with E-state index in [4.69, 9.17) is 0 Å². The number of aromatic nitrogens is 3. The number of aryl methyl sites for hydroxylation is 1. The highest BCUT2D eigenvalue weighted by molar-refractivity contribution is 5.90. The average molecular weight is 246 g/mol. The minimum Gasteiger partial charge on any atom is -0.343 e. The van der Waals surface area contributed by atoms with Crippen molar-refractivity contribution < 1.29 is 4.79 Å². The molecule has 2 rings (SSSR count). The summed E-state index contributed by atoms with van der Waals surface area (Å²) in [4.78, 5) is 25.4. The van der Waals surface area contributed by atoms with Gasteiger partial charge in [-0.25, -0.2) is 9.48 Å². The topological polar surface area (TPSA) is 79.8 Å². The highest BCUT2D eigenvalue weighted by atomic mass is 16.2. The maximum absolute atomic E-state index is 11.8. The Morgan fingerprint density at radius 3 is 2.61 bits per heavy atom. The number of hydrogen-bond donors (Lipinski definition) is 2. The second kappa shape index (κ2) is 4.87. The number of carbonyl (C=O) groups excluding carboxylic acids is 1. The fourth-order valence-corrected chi connectivity index (χ4v) is 1.59. The highest BCUT2D eigenvalue weighted by Gasteiger charge is 2.15. The number of H-pyrrole nitrogens is 1. The monoisotopic (exact) mass is 246 g/mol. The van der Waals surface area contributed by atoms with E-state index in [1.807, 2.05) is 37.3 Å². The lowest BCUT2D eigenvalue weighted by atomic mass is 10.1. The smallest absolute Gasteiger partial charge is 0.343 e. The fourth-order valence-electron chi connectivity index (χ4n) is 1.59. The van der Waals surface area contributed by atoms with Gasteiger partial charge in [0.05, 0.1) is 6.04 Å². The zero-order valence-corrected chi connectivity index (χ0v) is 10.2. The molecule has 1 aromatic heterocycles. The van der Waals surface area contributed by atoms with E-state index in [1.165, 1.54) is 7.05 Å². The third-order valence-electron chi connectivity index (χ3n) is 2.63. The van der Waals surface area contributed by atoms with Crippen LogP contribution in [0, 0.1) is 0 Å². The molecule has 0 spiro atoms. The summed E-state index contributed by atoms with van der Waals surface area (Å²) in [5.41, 5.74) is 0.580. The maximum Gasteiger partial charge on any atom is 0.343 e. The first-order valence-corrected chi connectivity index (χ1v) is 5.57. The molecule has 0 saturated heterocycles. The predicted octanol–water partition coefficient (Wildman–Crippen LogP) is 0.599. The van der Waals surface area contributed by atoms with Crippen molar-refractivity contribution in [3.63, 3.8) is 0 Å². The molecule has 94 valence electrons. The molecule has 0 aliphatic rings. The van der Waals surface area contributed by atoms with Crippen molar-refractivity contribution in [3.05, 3.63) is 52.2 Å². The average Bonchev–Trinajstić information content (AvgIpc) is 2.71.